The third kappa shape index (κ3) is 7.48. The molecule has 0 unspecified atom stereocenters. The van der Waals surface area contributed by atoms with Crippen molar-refractivity contribution in [3.8, 4) is 6.07 Å². The summed E-state index contributed by atoms with van der Waals surface area (Å²) in [5.41, 5.74) is 3.66. The summed E-state index contributed by atoms with van der Waals surface area (Å²) >= 11 is 0. The maximum atomic E-state index is 13.6. The average molecular weight is 485 g/mol. The zero-order valence-corrected chi connectivity index (χ0v) is 20.5. The monoisotopic (exact) mass is 484 g/mol. The molecule has 0 aliphatic carbocycles. The lowest BCUT2D eigenvalue weighted by Gasteiger charge is -2.36. The topological polar surface area (TPSA) is 88.4 Å². The summed E-state index contributed by atoms with van der Waals surface area (Å²) in [6, 6.07) is 11.0. The molecular weight excluding hydrogens is 450 g/mol. The molecule has 2 aromatic rings. The molecule has 188 valence electrons. The van der Waals surface area contributed by atoms with E-state index in [2.05, 4.69) is 53.6 Å². The Morgan fingerprint density at radius 2 is 1.89 bits per heavy atom. The number of halogens is 2. The normalized spacial score (nSPS) is 17.0. The number of benzene rings is 2. The molecule has 35 heavy (non-hydrogen) atoms. The number of anilines is 1. The van der Waals surface area contributed by atoms with E-state index < -0.39 is 23.8 Å². The van der Waals surface area contributed by atoms with Crippen molar-refractivity contribution in [1.82, 2.24) is 10.6 Å². The van der Waals surface area contributed by atoms with Crippen LogP contribution in [0.5, 0.6) is 0 Å². The molecule has 2 aromatic carbocycles. The molecule has 6 nitrogen and oxygen atoms in total. The van der Waals surface area contributed by atoms with Gasteiger partial charge in [0.1, 0.15) is 18.2 Å². The molecule has 0 spiro atoms. The Morgan fingerprint density at radius 1 is 1.17 bits per heavy atom. The van der Waals surface area contributed by atoms with Crippen LogP contribution in [0.4, 0.5) is 14.5 Å². The van der Waals surface area contributed by atoms with Crippen molar-refractivity contribution in [1.29, 1.82) is 5.26 Å². The van der Waals surface area contributed by atoms with E-state index in [0.29, 0.717) is 24.6 Å². The van der Waals surface area contributed by atoms with Gasteiger partial charge in [0.05, 0.1) is 18.2 Å². The largest absolute Gasteiger partial charge is 0.390 e. The van der Waals surface area contributed by atoms with E-state index in [0.717, 1.165) is 30.2 Å². The fourth-order valence-electron chi connectivity index (χ4n) is 4.72. The Morgan fingerprint density at radius 3 is 2.51 bits per heavy atom. The summed E-state index contributed by atoms with van der Waals surface area (Å²) in [5, 5.41) is 26.3. The lowest BCUT2D eigenvalue weighted by atomic mass is 9.91. The smallest absolute Gasteiger partial charge is 0.217 e. The van der Waals surface area contributed by atoms with Gasteiger partial charge in [-0.05, 0) is 60.1 Å². The van der Waals surface area contributed by atoms with Gasteiger partial charge in [-0.3, -0.25) is 4.79 Å². The number of aliphatic hydroxyl groups excluding tert-OH is 1. The van der Waals surface area contributed by atoms with E-state index in [1.165, 1.54) is 24.6 Å². The van der Waals surface area contributed by atoms with Crippen LogP contribution in [-0.2, 0) is 17.6 Å². The minimum absolute atomic E-state index is 0.0358. The van der Waals surface area contributed by atoms with E-state index in [4.69, 9.17) is 0 Å². The third-order valence-electron chi connectivity index (χ3n) is 6.21. The number of nitrogens with one attached hydrogen (secondary N) is 2. The molecule has 1 amide bonds. The Kier molecular flexibility index (Phi) is 9.19. The van der Waals surface area contributed by atoms with Gasteiger partial charge in [-0.25, -0.2) is 8.78 Å². The average Bonchev–Trinajstić information content (AvgIpc) is 2.76. The van der Waals surface area contributed by atoms with Gasteiger partial charge in [-0.15, -0.1) is 0 Å². The highest BCUT2D eigenvalue weighted by atomic mass is 19.1. The van der Waals surface area contributed by atoms with Gasteiger partial charge in [0.2, 0.25) is 5.91 Å². The first-order valence-corrected chi connectivity index (χ1v) is 12.0. The predicted molar refractivity (Wildman–Crippen MR) is 132 cm³/mol. The first-order chi connectivity index (χ1) is 16.7. The summed E-state index contributed by atoms with van der Waals surface area (Å²) in [7, 11) is 0. The van der Waals surface area contributed by atoms with Gasteiger partial charge in [0.25, 0.3) is 0 Å². The number of fused-ring (bicyclic) bond motifs is 1. The number of hydrogen-bond donors (Lipinski definition) is 3. The van der Waals surface area contributed by atoms with Crippen LogP contribution in [0.25, 0.3) is 0 Å². The van der Waals surface area contributed by atoms with Crippen LogP contribution < -0.4 is 15.5 Å². The summed E-state index contributed by atoms with van der Waals surface area (Å²) in [5.74, 6) is -1.23. The first-order valence-electron chi connectivity index (χ1n) is 12.0. The predicted octanol–water partition coefficient (Wildman–Crippen LogP) is 3.64. The standard InChI is InChI=1S/C27H34F2N4O2/c1-17(2)10-19-4-5-26-23(13-19)24(6-8-33(26)9-7-30)31-16-27(35)25(32-18(3)34)14-20-11-21(28)15-22(29)12-20/h4-5,11-13,15,17,24-25,27,31,35H,6,8-10,14,16H2,1-3H3,(H,32,34)/t24-,25-,27-/m0/s1. The Balaban J connectivity index is 1.76. The molecule has 0 radical (unpaired) electrons. The van der Waals surface area contributed by atoms with E-state index in [9.17, 15) is 23.9 Å². The second-order valence-corrected chi connectivity index (χ2v) is 9.68. The molecular formula is C27H34F2N4O2. The Hall–Kier alpha value is -3.02. The van der Waals surface area contributed by atoms with Crippen LogP contribution in [-0.4, -0.2) is 42.8 Å². The molecule has 0 bridgehead atoms. The van der Waals surface area contributed by atoms with Crippen LogP contribution in [0.15, 0.2) is 36.4 Å². The molecule has 1 aliphatic heterocycles. The summed E-state index contributed by atoms with van der Waals surface area (Å²) in [6.07, 6.45) is 0.805. The fraction of sp³-hybridized carbons (Fsp3) is 0.481. The van der Waals surface area contributed by atoms with Crippen LogP contribution >= 0.6 is 0 Å². The minimum Gasteiger partial charge on any atom is -0.390 e. The van der Waals surface area contributed by atoms with Crippen molar-refractivity contribution < 1.29 is 18.7 Å². The molecule has 0 saturated heterocycles. The maximum absolute atomic E-state index is 13.6. The lowest BCUT2D eigenvalue weighted by molar-refractivity contribution is -0.120. The molecule has 0 aromatic heterocycles. The lowest BCUT2D eigenvalue weighted by Crippen LogP contribution is -2.49. The molecule has 3 rings (SSSR count). The molecule has 0 fully saturated rings. The summed E-state index contributed by atoms with van der Waals surface area (Å²) in [6.45, 7) is 6.87. The molecule has 8 heteroatoms. The minimum atomic E-state index is -0.982. The van der Waals surface area contributed by atoms with E-state index in [1.807, 2.05) is 0 Å². The highest BCUT2D eigenvalue weighted by Crippen LogP contribution is 2.35. The highest BCUT2D eigenvalue weighted by Gasteiger charge is 2.28. The molecule has 1 aliphatic rings. The van der Waals surface area contributed by atoms with E-state index in [-0.39, 0.29) is 24.9 Å². The van der Waals surface area contributed by atoms with Gasteiger partial charge >= 0.3 is 0 Å². The summed E-state index contributed by atoms with van der Waals surface area (Å²) in [4.78, 5) is 13.8. The summed E-state index contributed by atoms with van der Waals surface area (Å²) < 4.78 is 27.3. The maximum Gasteiger partial charge on any atom is 0.217 e. The number of aliphatic hydroxyl groups is 1. The van der Waals surface area contributed by atoms with Gasteiger partial charge < -0.3 is 20.6 Å². The van der Waals surface area contributed by atoms with Crippen molar-refractivity contribution in [3.63, 3.8) is 0 Å². The first kappa shape index (κ1) is 26.6. The molecule has 1 heterocycles. The molecule has 3 atom stereocenters. The SMILES string of the molecule is CC(=O)N[C@@H](Cc1cc(F)cc(F)c1)[C@@H](O)CN[C@H]1CCN(CC#N)c2ccc(CC(C)C)cc21. The fourth-order valence-corrected chi connectivity index (χ4v) is 4.72. The number of nitrogens with zero attached hydrogens (tertiary/aromatic N) is 2. The van der Waals surface area contributed by atoms with Crippen molar-refractivity contribution >= 4 is 11.6 Å². The number of carbonyl (C=O) groups excluding carboxylic acids is 1. The zero-order chi connectivity index (χ0) is 25.5. The van der Waals surface area contributed by atoms with Gasteiger partial charge in [-0.2, -0.15) is 5.26 Å². The van der Waals surface area contributed by atoms with Crippen LogP contribution in [0.3, 0.4) is 0 Å². The van der Waals surface area contributed by atoms with Crippen LogP contribution in [0.1, 0.15) is 49.9 Å². The van der Waals surface area contributed by atoms with Crippen molar-refractivity contribution in [2.75, 3.05) is 24.5 Å². The van der Waals surface area contributed by atoms with E-state index >= 15 is 0 Å². The quantitative estimate of drug-likeness (QED) is 0.448. The van der Waals surface area contributed by atoms with Crippen molar-refractivity contribution in [2.24, 2.45) is 5.92 Å². The number of amides is 1. The van der Waals surface area contributed by atoms with Crippen molar-refractivity contribution in [2.45, 2.75) is 58.2 Å². The van der Waals surface area contributed by atoms with Gasteiger partial charge in [0, 0.05) is 37.8 Å². The van der Waals surface area contributed by atoms with Crippen LogP contribution in [0.2, 0.25) is 0 Å². The number of nitriles is 1. The Labute approximate surface area is 205 Å². The molecule has 0 saturated carbocycles. The second-order valence-electron chi connectivity index (χ2n) is 9.68. The van der Waals surface area contributed by atoms with Gasteiger partial charge in [0.15, 0.2) is 0 Å². The van der Waals surface area contributed by atoms with Gasteiger partial charge in [-0.1, -0.05) is 26.0 Å². The number of hydrogen-bond acceptors (Lipinski definition) is 5. The highest BCUT2D eigenvalue weighted by molar-refractivity contribution is 5.73. The number of carbonyl (C=O) groups is 1. The molecule has 3 N–H and O–H groups in total. The number of rotatable bonds is 10. The van der Waals surface area contributed by atoms with Crippen LogP contribution in [0, 0.1) is 28.9 Å². The van der Waals surface area contributed by atoms with E-state index in [1.54, 1.807) is 0 Å². The second kappa shape index (κ2) is 12.1. The third-order valence-corrected chi connectivity index (χ3v) is 6.21. The van der Waals surface area contributed by atoms with Crippen molar-refractivity contribution in [3.05, 3.63) is 64.7 Å². The zero-order valence-electron chi connectivity index (χ0n) is 20.5. The Bertz CT molecular complexity index is 1050.